The summed E-state index contributed by atoms with van der Waals surface area (Å²) in [6.45, 7) is 0. The standard InChI is InChI=1S/C14H13Cl2N3O2S/c1-19(2)14(20)21-12-5-6-17-13(18-12)22-8-9-3-4-10(15)7-11(9)16/h3-7H,8H2,1-2H3. The van der Waals surface area contributed by atoms with E-state index >= 15 is 0 Å². The van der Waals surface area contributed by atoms with Crippen LogP contribution in [-0.4, -0.2) is 35.1 Å². The Morgan fingerprint density at radius 3 is 2.77 bits per heavy atom. The summed E-state index contributed by atoms with van der Waals surface area (Å²) in [7, 11) is 3.20. The molecular weight excluding hydrogens is 345 g/mol. The summed E-state index contributed by atoms with van der Waals surface area (Å²) >= 11 is 13.4. The Labute approximate surface area is 142 Å². The second-order valence-corrected chi connectivity index (χ2v) is 6.25. The molecule has 0 bridgehead atoms. The number of thioether (sulfide) groups is 1. The Bertz CT molecular complexity index is 683. The maximum Gasteiger partial charge on any atom is 0.416 e. The largest absolute Gasteiger partial charge is 0.416 e. The van der Waals surface area contributed by atoms with Crippen LogP contribution in [0.5, 0.6) is 5.88 Å². The monoisotopic (exact) mass is 357 g/mol. The van der Waals surface area contributed by atoms with E-state index in [9.17, 15) is 4.79 Å². The summed E-state index contributed by atoms with van der Waals surface area (Å²) < 4.78 is 5.09. The molecule has 0 saturated heterocycles. The zero-order valence-corrected chi connectivity index (χ0v) is 14.2. The summed E-state index contributed by atoms with van der Waals surface area (Å²) in [5.74, 6) is 0.791. The normalized spacial score (nSPS) is 10.4. The van der Waals surface area contributed by atoms with Crippen LogP contribution in [0.25, 0.3) is 0 Å². The van der Waals surface area contributed by atoms with Gasteiger partial charge in [-0.15, -0.1) is 0 Å². The van der Waals surface area contributed by atoms with E-state index < -0.39 is 6.09 Å². The van der Waals surface area contributed by atoms with Crippen LogP contribution in [-0.2, 0) is 5.75 Å². The first-order chi connectivity index (χ1) is 10.5. The molecule has 2 rings (SSSR count). The van der Waals surface area contributed by atoms with Crippen LogP contribution < -0.4 is 4.74 Å². The van der Waals surface area contributed by atoms with Crippen molar-refractivity contribution in [1.29, 1.82) is 0 Å². The van der Waals surface area contributed by atoms with Crippen LogP contribution >= 0.6 is 35.0 Å². The maximum atomic E-state index is 11.5. The average molecular weight is 358 g/mol. The molecule has 2 aromatic rings. The predicted molar refractivity (Wildman–Crippen MR) is 87.8 cm³/mol. The van der Waals surface area contributed by atoms with Crippen molar-refractivity contribution in [2.24, 2.45) is 0 Å². The molecule has 0 radical (unpaired) electrons. The van der Waals surface area contributed by atoms with Crippen molar-refractivity contribution in [3.05, 3.63) is 46.1 Å². The average Bonchev–Trinajstić information content (AvgIpc) is 2.46. The molecule has 0 aliphatic rings. The van der Waals surface area contributed by atoms with Gasteiger partial charge in [0.25, 0.3) is 0 Å². The van der Waals surface area contributed by atoms with Gasteiger partial charge in [0, 0.05) is 42.2 Å². The number of halogens is 2. The van der Waals surface area contributed by atoms with Gasteiger partial charge in [-0.05, 0) is 17.7 Å². The lowest BCUT2D eigenvalue weighted by atomic mass is 10.2. The molecule has 1 amide bonds. The van der Waals surface area contributed by atoms with Gasteiger partial charge in [-0.2, -0.15) is 4.98 Å². The first-order valence-corrected chi connectivity index (χ1v) is 7.99. The Balaban J connectivity index is 2.02. The lowest BCUT2D eigenvalue weighted by Gasteiger charge is -2.10. The van der Waals surface area contributed by atoms with E-state index in [1.165, 1.54) is 28.9 Å². The number of carbonyl (C=O) groups excluding carboxylic acids is 1. The van der Waals surface area contributed by atoms with E-state index in [-0.39, 0.29) is 5.88 Å². The SMILES string of the molecule is CN(C)C(=O)Oc1ccnc(SCc2ccc(Cl)cc2Cl)n1. The van der Waals surface area contributed by atoms with Crippen molar-refractivity contribution in [3.8, 4) is 5.88 Å². The fourth-order valence-electron chi connectivity index (χ4n) is 1.41. The highest BCUT2D eigenvalue weighted by molar-refractivity contribution is 7.98. The second kappa shape index (κ2) is 7.67. The summed E-state index contributed by atoms with van der Waals surface area (Å²) in [6, 6.07) is 6.85. The number of nitrogens with zero attached hydrogens (tertiary/aromatic N) is 3. The van der Waals surface area contributed by atoms with Crippen LogP contribution in [0.3, 0.4) is 0 Å². The fraction of sp³-hybridized carbons (Fsp3) is 0.214. The molecule has 0 fully saturated rings. The molecule has 5 nitrogen and oxygen atoms in total. The van der Waals surface area contributed by atoms with Crippen molar-refractivity contribution in [2.45, 2.75) is 10.9 Å². The Morgan fingerprint density at radius 2 is 2.09 bits per heavy atom. The van der Waals surface area contributed by atoms with Gasteiger partial charge >= 0.3 is 6.09 Å². The zero-order chi connectivity index (χ0) is 16.1. The van der Waals surface area contributed by atoms with Crippen molar-refractivity contribution < 1.29 is 9.53 Å². The van der Waals surface area contributed by atoms with Gasteiger partial charge in [-0.3, -0.25) is 0 Å². The smallest absolute Gasteiger partial charge is 0.391 e. The van der Waals surface area contributed by atoms with Crippen molar-refractivity contribution in [2.75, 3.05) is 14.1 Å². The van der Waals surface area contributed by atoms with Crippen LogP contribution in [0.4, 0.5) is 4.79 Å². The third-order valence-corrected chi connectivity index (χ3v) is 4.03. The molecule has 8 heteroatoms. The third-order valence-electron chi connectivity index (χ3n) is 2.54. The van der Waals surface area contributed by atoms with E-state index in [2.05, 4.69) is 9.97 Å². The Kier molecular flexibility index (Phi) is 5.88. The minimum Gasteiger partial charge on any atom is -0.391 e. The first kappa shape index (κ1) is 16.9. The van der Waals surface area contributed by atoms with Crippen LogP contribution in [0.2, 0.25) is 10.0 Å². The lowest BCUT2D eigenvalue weighted by Crippen LogP contribution is -2.25. The third kappa shape index (κ3) is 4.76. The number of hydrogen-bond donors (Lipinski definition) is 0. The van der Waals surface area contributed by atoms with Gasteiger partial charge < -0.3 is 9.64 Å². The molecule has 1 aromatic carbocycles. The summed E-state index contributed by atoms with van der Waals surface area (Å²) in [5, 5.41) is 1.68. The summed E-state index contributed by atoms with van der Waals surface area (Å²) in [5.41, 5.74) is 0.926. The highest BCUT2D eigenvalue weighted by Gasteiger charge is 2.10. The number of amides is 1. The highest BCUT2D eigenvalue weighted by Crippen LogP contribution is 2.27. The lowest BCUT2D eigenvalue weighted by molar-refractivity contribution is 0.169. The van der Waals surface area contributed by atoms with E-state index in [0.29, 0.717) is 21.0 Å². The Morgan fingerprint density at radius 1 is 1.32 bits per heavy atom. The highest BCUT2D eigenvalue weighted by atomic mass is 35.5. The van der Waals surface area contributed by atoms with Crippen molar-refractivity contribution in [1.82, 2.24) is 14.9 Å². The molecule has 1 aromatic heterocycles. The van der Waals surface area contributed by atoms with E-state index in [1.54, 1.807) is 26.2 Å². The topological polar surface area (TPSA) is 55.3 Å². The second-order valence-electron chi connectivity index (χ2n) is 4.46. The molecule has 22 heavy (non-hydrogen) atoms. The van der Waals surface area contributed by atoms with Gasteiger partial charge in [0.05, 0.1) is 0 Å². The Hall–Kier alpha value is -1.50. The van der Waals surface area contributed by atoms with Crippen molar-refractivity contribution in [3.63, 3.8) is 0 Å². The predicted octanol–water partition coefficient (Wildman–Crippen LogP) is 4.14. The number of hydrogen-bond acceptors (Lipinski definition) is 5. The molecular formula is C14H13Cl2N3O2S. The van der Waals surface area contributed by atoms with Crippen LogP contribution in [0.15, 0.2) is 35.6 Å². The zero-order valence-electron chi connectivity index (χ0n) is 11.9. The maximum absolute atomic E-state index is 11.5. The summed E-state index contributed by atoms with van der Waals surface area (Å²) in [4.78, 5) is 21.1. The molecule has 116 valence electrons. The molecule has 0 aliphatic carbocycles. The number of ether oxygens (including phenoxy) is 1. The van der Waals surface area contributed by atoms with Gasteiger partial charge in [-0.1, -0.05) is 41.0 Å². The van der Waals surface area contributed by atoms with E-state index in [0.717, 1.165) is 5.56 Å². The van der Waals surface area contributed by atoms with Crippen LogP contribution in [0, 0.1) is 0 Å². The fourth-order valence-corrected chi connectivity index (χ4v) is 2.79. The van der Waals surface area contributed by atoms with Crippen molar-refractivity contribution >= 4 is 41.1 Å². The number of benzene rings is 1. The molecule has 0 aliphatic heterocycles. The molecule has 0 spiro atoms. The van der Waals surface area contributed by atoms with E-state index in [1.807, 2.05) is 6.07 Å². The van der Waals surface area contributed by atoms with Crippen LogP contribution in [0.1, 0.15) is 5.56 Å². The van der Waals surface area contributed by atoms with E-state index in [4.69, 9.17) is 27.9 Å². The van der Waals surface area contributed by atoms with Gasteiger partial charge in [0.2, 0.25) is 5.88 Å². The number of carbonyl (C=O) groups is 1. The molecule has 0 atom stereocenters. The first-order valence-electron chi connectivity index (χ1n) is 6.24. The quantitative estimate of drug-likeness (QED) is 0.607. The molecule has 0 N–H and O–H groups in total. The summed E-state index contributed by atoms with van der Waals surface area (Å²) in [6.07, 6.45) is 1.05. The number of rotatable bonds is 4. The number of aromatic nitrogens is 2. The van der Waals surface area contributed by atoms with Gasteiger partial charge in [0.15, 0.2) is 5.16 Å². The van der Waals surface area contributed by atoms with Gasteiger partial charge in [0.1, 0.15) is 0 Å². The van der Waals surface area contributed by atoms with Gasteiger partial charge in [-0.25, -0.2) is 9.78 Å². The molecule has 0 saturated carbocycles. The minimum absolute atomic E-state index is 0.207. The minimum atomic E-state index is -0.490. The molecule has 0 unspecified atom stereocenters. The molecule has 1 heterocycles.